The Morgan fingerprint density at radius 2 is 1.66 bits per heavy atom. The van der Waals surface area contributed by atoms with Gasteiger partial charge in [-0.2, -0.15) is 26.3 Å². The molecule has 240 valence electrons. The highest BCUT2D eigenvalue weighted by atomic mass is 19.4. The minimum atomic E-state index is -4.97. The minimum absolute atomic E-state index is 0.0125. The van der Waals surface area contributed by atoms with Gasteiger partial charge in [0.2, 0.25) is 5.91 Å². The van der Waals surface area contributed by atoms with E-state index in [0.29, 0.717) is 24.3 Å². The SMILES string of the molecule is COC1=CCC(C(C)N(CNc2cc(C(F)(F)F)cc(C(F)(F)F)c2)C(=O)CNC2CCN(Cc3ccccc3)CC2)C=C1. The molecule has 44 heavy (non-hydrogen) atoms. The van der Waals surface area contributed by atoms with Crippen LogP contribution in [0.25, 0.3) is 0 Å². The number of piperidine rings is 1. The van der Waals surface area contributed by atoms with Crippen LogP contribution >= 0.6 is 0 Å². The fraction of sp³-hybridized carbons (Fsp3) is 0.469. The molecule has 0 spiro atoms. The monoisotopic (exact) mass is 624 g/mol. The number of allylic oxidation sites excluding steroid dienone is 2. The molecule has 1 amide bonds. The van der Waals surface area contributed by atoms with Crippen molar-refractivity contribution in [3.05, 3.63) is 89.2 Å². The molecule has 0 radical (unpaired) electrons. The molecule has 1 aliphatic carbocycles. The van der Waals surface area contributed by atoms with Gasteiger partial charge in [0.1, 0.15) is 5.76 Å². The zero-order valence-electron chi connectivity index (χ0n) is 24.7. The largest absolute Gasteiger partial charge is 0.497 e. The molecule has 2 N–H and O–H groups in total. The molecule has 4 rings (SSSR count). The van der Waals surface area contributed by atoms with Gasteiger partial charge in [0.25, 0.3) is 0 Å². The molecule has 1 aliphatic heterocycles. The van der Waals surface area contributed by atoms with Gasteiger partial charge >= 0.3 is 12.4 Å². The molecule has 2 aromatic carbocycles. The summed E-state index contributed by atoms with van der Waals surface area (Å²) in [5.41, 5.74) is -1.99. The van der Waals surface area contributed by atoms with Gasteiger partial charge in [0.05, 0.1) is 31.5 Å². The van der Waals surface area contributed by atoms with Crippen LogP contribution in [0.5, 0.6) is 0 Å². The number of methoxy groups -OCH3 is 1. The fourth-order valence-corrected chi connectivity index (χ4v) is 5.52. The quantitative estimate of drug-likeness (QED) is 0.216. The van der Waals surface area contributed by atoms with Crippen molar-refractivity contribution in [2.75, 3.05) is 38.7 Å². The third kappa shape index (κ3) is 9.25. The van der Waals surface area contributed by atoms with Crippen molar-refractivity contribution in [2.45, 2.75) is 57.2 Å². The Hall–Kier alpha value is -3.51. The first-order valence-corrected chi connectivity index (χ1v) is 14.6. The summed E-state index contributed by atoms with van der Waals surface area (Å²) in [4.78, 5) is 17.4. The van der Waals surface area contributed by atoms with Crippen molar-refractivity contribution in [3.8, 4) is 0 Å². The first-order chi connectivity index (χ1) is 20.8. The van der Waals surface area contributed by atoms with Crippen molar-refractivity contribution in [3.63, 3.8) is 0 Å². The number of hydrogen-bond donors (Lipinski definition) is 2. The fourth-order valence-electron chi connectivity index (χ4n) is 5.52. The summed E-state index contributed by atoms with van der Waals surface area (Å²) in [6, 6.07) is 11.2. The Bertz CT molecular complexity index is 1270. The number of hydrogen-bond acceptors (Lipinski definition) is 5. The number of nitrogens with one attached hydrogen (secondary N) is 2. The van der Waals surface area contributed by atoms with Crippen LogP contribution in [0.3, 0.4) is 0 Å². The number of ether oxygens (including phenoxy) is 1. The van der Waals surface area contributed by atoms with E-state index in [1.165, 1.54) is 10.5 Å². The summed E-state index contributed by atoms with van der Waals surface area (Å²) in [6.07, 6.45) is -2.15. The van der Waals surface area contributed by atoms with E-state index in [9.17, 15) is 31.1 Å². The highest BCUT2D eigenvalue weighted by Crippen LogP contribution is 2.37. The summed E-state index contributed by atoms with van der Waals surface area (Å²) in [6.45, 7) is 4.10. The third-order valence-corrected chi connectivity index (χ3v) is 8.19. The van der Waals surface area contributed by atoms with Crippen LogP contribution in [0, 0.1) is 5.92 Å². The van der Waals surface area contributed by atoms with E-state index in [1.807, 2.05) is 37.3 Å². The summed E-state index contributed by atoms with van der Waals surface area (Å²) >= 11 is 0. The zero-order valence-corrected chi connectivity index (χ0v) is 24.7. The van der Waals surface area contributed by atoms with Crippen LogP contribution in [0.1, 0.15) is 42.9 Å². The van der Waals surface area contributed by atoms with Crippen LogP contribution in [-0.4, -0.2) is 61.2 Å². The van der Waals surface area contributed by atoms with Gasteiger partial charge in [-0.25, -0.2) is 0 Å². The molecule has 0 aromatic heterocycles. The van der Waals surface area contributed by atoms with E-state index in [1.54, 1.807) is 13.2 Å². The predicted molar refractivity (Wildman–Crippen MR) is 156 cm³/mol. The van der Waals surface area contributed by atoms with Gasteiger partial charge in [0.15, 0.2) is 0 Å². The number of alkyl halides is 6. The van der Waals surface area contributed by atoms with Gasteiger partial charge in [0, 0.05) is 30.2 Å². The van der Waals surface area contributed by atoms with Gasteiger partial charge in [-0.1, -0.05) is 36.4 Å². The summed E-state index contributed by atoms with van der Waals surface area (Å²) in [7, 11) is 1.54. The zero-order chi connectivity index (χ0) is 31.9. The van der Waals surface area contributed by atoms with Crippen molar-refractivity contribution in [2.24, 2.45) is 5.92 Å². The molecule has 0 bridgehead atoms. The van der Waals surface area contributed by atoms with E-state index in [2.05, 4.69) is 27.7 Å². The minimum Gasteiger partial charge on any atom is -0.497 e. The van der Waals surface area contributed by atoms with Crippen molar-refractivity contribution < 1.29 is 35.9 Å². The molecule has 1 fully saturated rings. The second-order valence-electron chi connectivity index (χ2n) is 11.2. The first-order valence-electron chi connectivity index (χ1n) is 14.6. The predicted octanol–water partition coefficient (Wildman–Crippen LogP) is 6.67. The van der Waals surface area contributed by atoms with E-state index in [4.69, 9.17) is 4.74 Å². The molecule has 1 saturated heterocycles. The normalized spacial score (nSPS) is 18.9. The van der Waals surface area contributed by atoms with E-state index in [-0.39, 0.29) is 42.8 Å². The number of carbonyl (C=O) groups is 1. The van der Waals surface area contributed by atoms with Crippen molar-refractivity contribution in [1.29, 1.82) is 0 Å². The van der Waals surface area contributed by atoms with Crippen LogP contribution in [0.2, 0.25) is 0 Å². The van der Waals surface area contributed by atoms with Crippen LogP contribution < -0.4 is 10.6 Å². The molecule has 1 heterocycles. The Labute approximate surface area is 253 Å². The van der Waals surface area contributed by atoms with E-state index in [0.717, 1.165) is 32.5 Å². The molecule has 2 aliphatic rings. The number of nitrogens with zero attached hydrogens (tertiary/aromatic N) is 2. The first kappa shape index (κ1) is 33.4. The number of likely N-dealkylation sites (tertiary alicyclic amines) is 1. The average Bonchev–Trinajstić information content (AvgIpc) is 3.00. The Balaban J connectivity index is 1.43. The van der Waals surface area contributed by atoms with Gasteiger partial charge in [-0.15, -0.1) is 0 Å². The van der Waals surface area contributed by atoms with Crippen molar-refractivity contribution in [1.82, 2.24) is 15.1 Å². The lowest BCUT2D eigenvalue weighted by Crippen LogP contribution is -2.51. The van der Waals surface area contributed by atoms with E-state index >= 15 is 0 Å². The van der Waals surface area contributed by atoms with Crippen molar-refractivity contribution >= 4 is 11.6 Å². The van der Waals surface area contributed by atoms with Gasteiger partial charge in [-0.05, 0) is 75.2 Å². The number of amides is 1. The van der Waals surface area contributed by atoms with Gasteiger partial charge < -0.3 is 20.3 Å². The Kier molecular flexibility index (Phi) is 11.0. The lowest BCUT2D eigenvalue weighted by molar-refractivity contribution is -0.143. The second-order valence-corrected chi connectivity index (χ2v) is 11.2. The number of benzene rings is 2. The molecule has 2 unspecified atom stereocenters. The number of rotatable bonds is 11. The number of anilines is 1. The van der Waals surface area contributed by atoms with Crippen LogP contribution in [0.15, 0.2) is 72.5 Å². The summed E-state index contributed by atoms with van der Waals surface area (Å²) < 4.78 is 85.7. The Morgan fingerprint density at radius 1 is 1.02 bits per heavy atom. The smallest absolute Gasteiger partial charge is 0.416 e. The molecular weight excluding hydrogens is 586 g/mol. The highest BCUT2D eigenvalue weighted by Gasteiger charge is 2.37. The molecular formula is C32H38F6N4O2. The van der Waals surface area contributed by atoms with Crippen LogP contribution in [-0.2, 0) is 28.4 Å². The second kappa shape index (κ2) is 14.5. The molecule has 2 aromatic rings. The molecule has 6 nitrogen and oxygen atoms in total. The topological polar surface area (TPSA) is 56.8 Å². The Morgan fingerprint density at radius 3 is 2.20 bits per heavy atom. The maximum atomic E-state index is 13.6. The highest BCUT2D eigenvalue weighted by molar-refractivity contribution is 5.79. The average molecular weight is 625 g/mol. The number of carbonyl (C=O) groups excluding carboxylic acids is 1. The maximum Gasteiger partial charge on any atom is 0.416 e. The third-order valence-electron chi connectivity index (χ3n) is 8.19. The lowest BCUT2D eigenvalue weighted by atomic mass is 9.92. The molecule has 12 heteroatoms. The standard InChI is InChI=1S/C32H38F6N4O2/c1-22(24-8-10-29(44-2)11-9-24)42(21-40-28-17-25(31(33,34)35)16-26(18-28)32(36,37)38)30(43)19-39-27-12-14-41(15-13-27)20-23-6-4-3-5-7-23/h3-8,10-11,16-18,22,24,27,39-40H,9,12-15,19-21H2,1-2H3. The summed E-state index contributed by atoms with van der Waals surface area (Å²) in [5, 5.41) is 5.99. The van der Waals surface area contributed by atoms with Crippen LogP contribution in [0.4, 0.5) is 32.0 Å². The molecule has 0 saturated carbocycles. The van der Waals surface area contributed by atoms with Gasteiger partial charge in [-0.3, -0.25) is 9.69 Å². The molecule has 2 atom stereocenters. The summed E-state index contributed by atoms with van der Waals surface area (Å²) in [5.74, 6) is 0.233. The number of halogens is 6. The maximum absolute atomic E-state index is 13.6. The van der Waals surface area contributed by atoms with E-state index < -0.39 is 29.5 Å². The lowest BCUT2D eigenvalue weighted by Gasteiger charge is -2.36.